The summed E-state index contributed by atoms with van der Waals surface area (Å²) >= 11 is 0. The molecule has 0 amide bonds. The van der Waals surface area contributed by atoms with E-state index in [1.165, 1.54) is 12.4 Å². The predicted octanol–water partition coefficient (Wildman–Crippen LogP) is 1.45. The van der Waals surface area contributed by atoms with Crippen molar-refractivity contribution >= 4 is 0 Å². The minimum absolute atomic E-state index is 0.248. The molecule has 1 aromatic carbocycles. The number of methoxy groups -OCH3 is 2. The summed E-state index contributed by atoms with van der Waals surface area (Å²) in [5.74, 6) is 1.28. The zero-order valence-electron chi connectivity index (χ0n) is 9.56. The largest absolute Gasteiger partial charge is 0.496 e. The number of nitrogens with zero attached hydrogens (tertiary/aromatic N) is 1. The maximum atomic E-state index is 11.0. The number of hydrogen-bond donors (Lipinski definition) is 1. The predicted molar refractivity (Wildman–Crippen MR) is 63.4 cm³/mol. The SMILES string of the molecule is COc1cccc(OC)c1-c1c[nH]c(=O)cn1. The Morgan fingerprint density at radius 3 is 2.29 bits per heavy atom. The van der Waals surface area contributed by atoms with Gasteiger partial charge in [-0.1, -0.05) is 6.07 Å². The zero-order valence-corrected chi connectivity index (χ0v) is 9.56. The van der Waals surface area contributed by atoms with Crippen molar-refractivity contribution in [2.75, 3.05) is 14.2 Å². The molecule has 0 saturated heterocycles. The van der Waals surface area contributed by atoms with Crippen molar-refractivity contribution in [3.63, 3.8) is 0 Å². The highest BCUT2D eigenvalue weighted by atomic mass is 16.5. The Balaban J connectivity index is 2.63. The first-order chi connectivity index (χ1) is 8.26. The Morgan fingerprint density at radius 1 is 1.18 bits per heavy atom. The summed E-state index contributed by atoms with van der Waals surface area (Å²) in [4.78, 5) is 17.6. The van der Waals surface area contributed by atoms with E-state index < -0.39 is 0 Å². The number of aromatic amines is 1. The van der Waals surface area contributed by atoms with E-state index in [0.717, 1.165) is 0 Å². The normalized spacial score (nSPS) is 10.0. The van der Waals surface area contributed by atoms with Gasteiger partial charge in [-0.2, -0.15) is 0 Å². The lowest BCUT2D eigenvalue weighted by Crippen LogP contribution is -2.05. The Morgan fingerprint density at radius 2 is 1.82 bits per heavy atom. The molecule has 2 aromatic rings. The Hall–Kier alpha value is -2.30. The van der Waals surface area contributed by atoms with Gasteiger partial charge < -0.3 is 14.5 Å². The standard InChI is InChI=1S/C12H12N2O3/c1-16-9-4-3-5-10(17-2)12(9)8-6-14-11(15)7-13-8/h3-7H,1-2H3,(H,14,15). The van der Waals surface area contributed by atoms with Gasteiger partial charge in [0.15, 0.2) is 0 Å². The highest BCUT2D eigenvalue weighted by molar-refractivity contribution is 5.73. The Labute approximate surface area is 98.0 Å². The third-order valence-electron chi connectivity index (χ3n) is 2.36. The van der Waals surface area contributed by atoms with Crippen LogP contribution in [0.15, 0.2) is 35.4 Å². The van der Waals surface area contributed by atoms with E-state index in [-0.39, 0.29) is 5.56 Å². The van der Waals surface area contributed by atoms with Crippen LogP contribution in [-0.4, -0.2) is 24.2 Å². The summed E-state index contributed by atoms with van der Waals surface area (Å²) in [7, 11) is 3.15. The minimum atomic E-state index is -0.248. The molecule has 0 aliphatic heterocycles. The van der Waals surface area contributed by atoms with E-state index in [9.17, 15) is 4.79 Å². The van der Waals surface area contributed by atoms with Gasteiger partial charge in [-0.3, -0.25) is 4.79 Å². The van der Waals surface area contributed by atoms with Crippen molar-refractivity contribution in [3.05, 3.63) is 40.9 Å². The summed E-state index contributed by atoms with van der Waals surface area (Å²) < 4.78 is 10.5. The average molecular weight is 232 g/mol. The first-order valence-electron chi connectivity index (χ1n) is 5.02. The molecule has 1 N–H and O–H groups in total. The lowest BCUT2D eigenvalue weighted by molar-refractivity contribution is 0.397. The van der Waals surface area contributed by atoms with E-state index in [0.29, 0.717) is 22.8 Å². The second-order valence-corrected chi connectivity index (χ2v) is 3.33. The van der Waals surface area contributed by atoms with Crippen LogP contribution in [0.4, 0.5) is 0 Å². The van der Waals surface area contributed by atoms with Crippen molar-refractivity contribution in [1.82, 2.24) is 9.97 Å². The molecule has 5 nitrogen and oxygen atoms in total. The smallest absolute Gasteiger partial charge is 0.266 e. The highest BCUT2D eigenvalue weighted by Gasteiger charge is 2.13. The number of rotatable bonds is 3. The molecule has 0 radical (unpaired) electrons. The summed E-state index contributed by atoms with van der Waals surface area (Å²) in [6.45, 7) is 0. The van der Waals surface area contributed by atoms with Crippen LogP contribution in [0, 0.1) is 0 Å². The quantitative estimate of drug-likeness (QED) is 0.870. The van der Waals surface area contributed by atoms with Crippen LogP contribution < -0.4 is 15.0 Å². The summed E-state index contributed by atoms with van der Waals surface area (Å²) in [5, 5.41) is 0. The van der Waals surface area contributed by atoms with Gasteiger partial charge in [0.05, 0.1) is 31.7 Å². The summed E-state index contributed by atoms with van der Waals surface area (Å²) in [5.41, 5.74) is 1.07. The Bertz CT molecular complexity index is 535. The molecule has 88 valence electrons. The fraction of sp³-hybridized carbons (Fsp3) is 0.167. The van der Waals surface area contributed by atoms with Crippen molar-refractivity contribution in [1.29, 1.82) is 0 Å². The molecule has 17 heavy (non-hydrogen) atoms. The molecule has 1 aromatic heterocycles. The molecule has 0 bridgehead atoms. The van der Waals surface area contributed by atoms with Gasteiger partial charge in [0.25, 0.3) is 5.56 Å². The number of nitrogens with one attached hydrogen (secondary N) is 1. The van der Waals surface area contributed by atoms with Crippen molar-refractivity contribution in [2.45, 2.75) is 0 Å². The number of aromatic nitrogens is 2. The maximum Gasteiger partial charge on any atom is 0.266 e. The van der Waals surface area contributed by atoms with Crippen LogP contribution >= 0.6 is 0 Å². The van der Waals surface area contributed by atoms with Gasteiger partial charge >= 0.3 is 0 Å². The molecule has 0 aliphatic carbocycles. The number of ether oxygens (including phenoxy) is 2. The van der Waals surface area contributed by atoms with Crippen LogP contribution in [0.25, 0.3) is 11.3 Å². The molecule has 2 rings (SSSR count). The fourth-order valence-electron chi connectivity index (χ4n) is 1.58. The van der Waals surface area contributed by atoms with E-state index in [4.69, 9.17) is 9.47 Å². The maximum absolute atomic E-state index is 11.0. The third kappa shape index (κ3) is 2.13. The molecule has 0 atom stereocenters. The number of benzene rings is 1. The average Bonchev–Trinajstić information content (AvgIpc) is 2.38. The van der Waals surface area contributed by atoms with Crippen molar-refractivity contribution in [2.24, 2.45) is 0 Å². The van der Waals surface area contributed by atoms with Gasteiger partial charge in [-0.15, -0.1) is 0 Å². The van der Waals surface area contributed by atoms with Gasteiger partial charge in [0, 0.05) is 6.20 Å². The van der Waals surface area contributed by atoms with Crippen LogP contribution in [0.2, 0.25) is 0 Å². The molecule has 0 unspecified atom stereocenters. The van der Waals surface area contributed by atoms with E-state index in [1.54, 1.807) is 14.2 Å². The molecular weight excluding hydrogens is 220 g/mol. The van der Waals surface area contributed by atoms with Crippen LogP contribution in [-0.2, 0) is 0 Å². The van der Waals surface area contributed by atoms with Crippen LogP contribution in [0.5, 0.6) is 11.5 Å². The van der Waals surface area contributed by atoms with Crippen molar-refractivity contribution in [3.8, 4) is 22.8 Å². The second-order valence-electron chi connectivity index (χ2n) is 3.33. The molecule has 1 heterocycles. The minimum Gasteiger partial charge on any atom is -0.496 e. The first-order valence-corrected chi connectivity index (χ1v) is 5.02. The Kier molecular flexibility index (Phi) is 3.09. The third-order valence-corrected chi connectivity index (χ3v) is 2.36. The first kappa shape index (κ1) is 11.2. The van der Waals surface area contributed by atoms with Gasteiger partial charge in [-0.05, 0) is 12.1 Å². The fourth-order valence-corrected chi connectivity index (χ4v) is 1.58. The molecule has 0 saturated carbocycles. The molecule has 0 fully saturated rings. The summed E-state index contributed by atoms with van der Waals surface area (Å²) in [6, 6.07) is 5.45. The van der Waals surface area contributed by atoms with Crippen LogP contribution in [0.1, 0.15) is 0 Å². The van der Waals surface area contributed by atoms with Gasteiger partial charge in [0.1, 0.15) is 11.5 Å². The monoisotopic (exact) mass is 232 g/mol. The van der Waals surface area contributed by atoms with E-state index in [2.05, 4.69) is 9.97 Å². The molecular formula is C12H12N2O3. The summed E-state index contributed by atoms with van der Waals surface area (Å²) in [6.07, 6.45) is 2.75. The lowest BCUT2D eigenvalue weighted by Gasteiger charge is -2.11. The topological polar surface area (TPSA) is 64.2 Å². The lowest BCUT2D eigenvalue weighted by atomic mass is 10.1. The molecule has 0 aliphatic rings. The number of hydrogen-bond acceptors (Lipinski definition) is 4. The van der Waals surface area contributed by atoms with Gasteiger partial charge in [-0.25, -0.2) is 4.98 Å². The highest BCUT2D eigenvalue weighted by Crippen LogP contribution is 2.36. The van der Waals surface area contributed by atoms with E-state index in [1.807, 2.05) is 18.2 Å². The van der Waals surface area contributed by atoms with Crippen LogP contribution in [0.3, 0.4) is 0 Å². The van der Waals surface area contributed by atoms with Crippen molar-refractivity contribution < 1.29 is 9.47 Å². The van der Waals surface area contributed by atoms with E-state index >= 15 is 0 Å². The number of H-pyrrole nitrogens is 1. The zero-order chi connectivity index (χ0) is 12.3. The molecule has 0 spiro atoms. The molecule has 5 heteroatoms. The second kappa shape index (κ2) is 4.69. The van der Waals surface area contributed by atoms with Gasteiger partial charge in [0.2, 0.25) is 0 Å².